The molecule has 1 N–H and O–H groups in total. The maximum Gasteiger partial charge on any atom is 0.0300 e. The highest BCUT2D eigenvalue weighted by Crippen LogP contribution is 2.07. The summed E-state index contributed by atoms with van der Waals surface area (Å²) >= 11 is 1.82. The number of thiophene rings is 1. The zero-order chi connectivity index (χ0) is 13.4. The van der Waals surface area contributed by atoms with E-state index in [4.69, 9.17) is 0 Å². The third-order valence-corrected chi connectivity index (χ3v) is 3.99. The molecule has 1 heterocycles. The van der Waals surface area contributed by atoms with E-state index in [1.165, 1.54) is 4.88 Å². The highest BCUT2D eigenvalue weighted by molar-refractivity contribution is 7.09. The van der Waals surface area contributed by atoms with Crippen molar-refractivity contribution in [1.29, 1.82) is 0 Å². The molecule has 104 valence electrons. The van der Waals surface area contributed by atoms with Crippen LogP contribution in [-0.4, -0.2) is 56.1 Å². The fourth-order valence-corrected chi connectivity index (χ4v) is 2.86. The van der Waals surface area contributed by atoms with Gasteiger partial charge in [0.2, 0.25) is 0 Å². The first-order chi connectivity index (χ1) is 8.63. The highest BCUT2D eigenvalue weighted by Gasteiger charge is 2.11. The van der Waals surface area contributed by atoms with E-state index in [1.54, 1.807) is 0 Å². The van der Waals surface area contributed by atoms with Crippen LogP contribution < -0.4 is 5.32 Å². The summed E-state index contributed by atoms with van der Waals surface area (Å²) in [6.45, 7) is 9.97. The normalized spacial score (nSPS) is 13.4. The average Bonchev–Trinajstić information content (AvgIpc) is 2.81. The first-order valence-corrected chi connectivity index (χ1v) is 7.63. The van der Waals surface area contributed by atoms with Gasteiger partial charge in [0.25, 0.3) is 0 Å². The smallest absolute Gasteiger partial charge is 0.0300 e. The molecular formula is C14H27N3S. The number of rotatable bonds is 9. The zero-order valence-electron chi connectivity index (χ0n) is 12.1. The molecular weight excluding hydrogens is 242 g/mol. The van der Waals surface area contributed by atoms with Gasteiger partial charge in [-0.15, -0.1) is 11.3 Å². The van der Waals surface area contributed by atoms with Crippen LogP contribution in [-0.2, 0) is 6.54 Å². The second-order valence-electron chi connectivity index (χ2n) is 5.00. The Balaban J connectivity index is 2.18. The number of hydrogen-bond donors (Lipinski definition) is 1. The lowest BCUT2D eigenvalue weighted by atomic mass is 10.2. The van der Waals surface area contributed by atoms with Crippen molar-refractivity contribution in [3.63, 3.8) is 0 Å². The fourth-order valence-electron chi connectivity index (χ4n) is 2.18. The standard InChI is InChI=1S/C14H27N3S/c1-5-17(13(2)12-16(3)4)9-8-15-11-14-7-6-10-18-14/h6-7,10,13,15H,5,8-9,11-12H2,1-4H3. The van der Waals surface area contributed by atoms with Crippen molar-refractivity contribution >= 4 is 11.3 Å². The van der Waals surface area contributed by atoms with Crippen molar-refractivity contribution < 1.29 is 0 Å². The molecule has 1 rings (SSSR count). The largest absolute Gasteiger partial charge is 0.311 e. The molecule has 1 atom stereocenters. The van der Waals surface area contributed by atoms with Crippen molar-refractivity contribution in [3.8, 4) is 0 Å². The van der Waals surface area contributed by atoms with Crippen LogP contribution in [0.1, 0.15) is 18.7 Å². The summed E-state index contributed by atoms with van der Waals surface area (Å²) in [4.78, 5) is 6.20. The highest BCUT2D eigenvalue weighted by atomic mass is 32.1. The third-order valence-electron chi connectivity index (χ3n) is 3.11. The summed E-state index contributed by atoms with van der Waals surface area (Å²) in [6, 6.07) is 4.91. The lowest BCUT2D eigenvalue weighted by Crippen LogP contribution is -2.43. The van der Waals surface area contributed by atoms with Gasteiger partial charge in [0.05, 0.1) is 0 Å². The van der Waals surface area contributed by atoms with Crippen LogP contribution >= 0.6 is 11.3 Å². The molecule has 0 bridgehead atoms. The Hall–Kier alpha value is -0.420. The summed E-state index contributed by atoms with van der Waals surface area (Å²) in [7, 11) is 4.28. The summed E-state index contributed by atoms with van der Waals surface area (Å²) in [5.41, 5.74) is 0. The van der Waals surface area contributed by atoms with Gasteiger partial charge < -0.3 is 10.2 Å². The van der Waals surface area contributed by atoms with Crippen molar-refractivity contribution in [2.24, 2.45) is 0 Å². The van der Waals surface area contributed by atoms with Gasteiger partial charge in [0, 0.05) is 37.1 Å². The summed E-state index contributed by atoms with van der Waals surface area (Å²) in [5, 5.41) is 5.65. The number of hydrogen-bond acceptors (Lipinski definition) is 4. The van der Waals surface area contributed by atoms with Gasteiger partial charge in [-0.2, -0.15) is 0 Å². The molecule has 1 aromatic heterocycles. The molecule has 0 saturated carbocycles. The maximum absolute atomic E-state index is 3.52. The molecule has 0 amide bonds. The first-order valence-electron chi connectivity index (χ1n) is 6.75. The summed E-state index contributed by atoms with van der Waals surface area (Å²) < 4.78 is 0. The Kier molecular flexibility index (Phi) is 7.51. The van der Waals surface area contributed by atoms with Gasteiger partial charge in [-0.25, -0.2) is 0 Å². The van der Waals surface area contributed by atoms with Crippen LogP contribution in [0, 0.1) is 0 Å². The average molecular weight is 269 g/mol. The van der Waals surface area contributed by atoms with Crippen LogP contribution in [0.4, 0.5) is 0 Å². The molecule has 0 spiro atoms. The molecule has 0 aliphatic carbocycles. The van der Waals surface area contributed by atoms with E-state index in [1.807, 2.05) is 11.3 Å². The molecule has 0 aliphatic rings. The first kappa shape index (κ1) is 15.6. The van der Waals surface area contributed by atoms with E-state index in [0.29, 0.717) is 6.04 Å². The van der Waals surface area contributed by atoms with E-state index >= 15 is 0 Å². The van der Waals surface area contributed by atoms with Gasteiger partial charge in [0.1, 0.15) is 0 Å². The van der Waals surface area contributed by atoms with Gasteiger partial charge in [0.15, 0.2) is 0 Å². The fraction of sp³-hybridized carbons (Fsp3) is 0.714. The molecule has 0 aliphatic heterocycles. The predicted molar refractivity (Wildman–Crippen MR) is 81.3 cm³/mol. The lowest BCUT2D eigenvalue weighted by Gasteiger charge is -2.30. The van der Waals surface area contributed by atoms with E-state index in [0.717, 1.165) is 32.7 Å². The van der Waals surface area contributed by atoms with Gasteiger partial charge in [-0.3, -0.25) is 4.90 Å². The number of nitrogens with zero attached hydrogens (tertiary/aromatic N) is 2. The van der Waals surface area contributed by atoms with E-state index in [9.17, 15) is 0 Å². The zero-order valence-corrected chi connectivity index (χ0v) is 13.0. The maximum atomic E-state index is 3.52. The Bertz CT molecular complexity index is 298. The van der Waals surface area contributed by atoms with Crippen molar-refractivity contribution in [1.82, 2.24) is 15.1 Å². The second-order valence-corrected chi connectivity index (χ2v) is 6.03. The molecule has 3 nitrogen and oxygen atoms in total. The third kappa shape index (κ3) is 5.96. The minimum atomic E-state index is 0.619. The molecule has 18 heavy (non-hydrogen) atoms. The van der Waals surface area contributed by atoms with Crippen LogP contribution in [0.5, 0.6) is 0 Å². The van der Waals surface area contributed by atoms with Crippen molar-refractivity contribution in [3.05, 3.63) is 22.4 Å². The minimum absolute atomic E-state index is 0.619. The summed E-state index contributed by atoms with van der Waals surface area (Å²) in [5.74, 6) is 0. The number of nitrogens with one attached hydrogen (secondary N) is 1. The van der Waals surface area contributed by atoms with E-state index in [-0.39, 0.29) is 0 Å². The van der Waals surface area contributed by atoms with Crippen molar-refractivity contribution in [2.45, 2.75) is 26.4 Å². The molecule has 0 saturated heterocycles. The number of likely N-dealkylation sites (N-methyl/N-ethyl adjacent to an activating group) is 2. The topological polar surface area (TPSA) is 18.5 Å². The lowest BCUT2D eigenvalue weighted by molar-refractivity contribution is 0.182. The Labute approximate surface area is 116 Å². The second kappa shape index (κ2) is 8.64. The minimum Gasteiger partial charge on any atom is -0.311 e. The molecule has 0 fully saturated rings. The SMILES string of the molecule is CCN(CCNCc1cccs1)C(C)CN(C)C. The van der Waals surface area contributed by atoms with Gasteiger partial charge in [-0.05, 0) is 39.0 Å². The quantitative estimate of drug-likeness (QED) is 0.693. The van der Waals surface area contributed by atoms with Crippen LogP contribution in [0.15, 0.2) is 17.5 Å². The molecule has 1 unspecified atom stereocenters. The van der Waals surface area contributed by atoms with Crippen molar-refractivity contribution in [2.75, 3.05) is 40.3 Å². The molecule has 4 heteroatoms. The van der Waals surface area contributed by atoms with Crippen LogP contribution in [0.2, 0.25) is 0 Å². The van der Waals surface area contributed by atoms with E-state index < -0.39 is 0 Å². The molecule has 0 aromatic carbocycles. The predicted octanol–water partition coefficient (Wildman–Crippen LogP) is 2.11. The Morgan fingerprint density at radius 1 is 1.39 bits per heavy atom. The van der Waals surface area contributed by atoms with Gasteiger partial charge in [-0.1, -0.05) is 13.0 Å². The monoisotopic (exact) mass is 269 g/mol. The van der Waals surface area contributed by atoms with Gasteiger partial charge >= 0.3 is 0 Å². The Morgan fingerprint density at radius 3 is 2.72 bits per heavy atom. The molecule has 1 aromatic rings. The van der Waals surface area contributed by atoms with Crippen LogP contribution in [0.3, 0.4) is 0 Å². The Morgan fingerprint density at radius 2 is 2.17 bits per heavy atom. The van der Waals surface area contributed by atoms with E-state index in [2.05, 4.69) is 60.6 Å². The summed E-state index contributed by atoms with van der Waals surface area (Å²) in [6.07, 6.45) is 0. The van der Waals surface area contributed by atoms with Crippen LogP contribution in [0.25, 0.3) is 0 Å². The molecule has 0 radical (unpaired) electrons.